The molecule has 1 aromatic carbocycles. The minimum atomic E-state index is -3.77. The maximum absolute atomic E-state index is 12.4. The van der Waals surface area contributed by atoms with Gasteiger partial charge in [0.1, 0.15) is 17.4 Å². The molecule has 1 amide bonds. The van der Waals surface area contributed by atoms with Gasteiger partial charge in [0.2, 0.25) is 10.0 Å². The van der Waals surface area contributed by atoms with Gasteiger partial charge >= 0.3 is 5.63 Å². The lowest BCUT2D eigenvalue weighted by Crippen LogP contribution is -2.29. The molecule has 1 aliphatic rings. The summed E-state index contributed by atoms with van der Waals surface area (Å²) in [7, 11) is -3.77. The largest absolute Gasteiger partial charge is 0.424 e. The monoisotopic (exact) mass is 392 g/mol. The van der Waals surface area contributed by atoms with Gasteiger partial charge in [-0.3, -0.25) is 4.79 Å². The zero-order valence-electron chi connectivity index (χ0n) is 14.7. The Kier molecular flexibility index (Phi) is 5.45. The van der Waals surface area contributed by atoms with Crippen LogP contribution in [0.25, 0.3) is 0 Å². The third kappa shape index (κ3) is 4.44. The zero-order chi connectivity index (χ0) is 19.6. The van der Waals surface area contributed by atoms with Gasteiger partial charge in [0.25, 0.3) is 5.91 Å². The van der Waals surface area contributed by atoms with Crippen molar-refractivity contribution in [3.8, 4) is 0 Å². The van der Waals surface area contributed by atoms with E-state index in [0.29, 0.717) is 23.5 Å². The summed E-state index contributed by atoms with van der Waals surface area (Å²) in [6, 6.07) is 7.44. The first-order valence-corrected chi connectivity index (χ1v) is 9.96. The van der Waals surface area contributed by atoms with Crippen molar-refractivity contribution in [1.29, 1.82) is 0 Å². The third-order valence-electron chi connectivity index (χ3n) is 4.35. The van der Waals surface area contributed by atoms with Crippen molar-refractivity contribution in [2.75, 3.05) is 6.61 Å². The van der Waals surface area contributed by atoms with Crippen LogP contribution in [0.4, 0.5) is 0 Å². The van der Waals surface area contributed by atoms with E-state index >= 15 is 0 Å². The Balaban J connectivity index is 1.71. The molecule has 8 nitrogen and oxygen atoms in total. The summed E-state index contributed by atoms with van der Waals surface area (Å²) in [5.74, 6) is -0.124. The number of aryl methyl sites for hydroxylation is 1. The molecule has 0 spiro atoms. The number of sulfonamides is 1. The van der Waals surface area contributed by atoms with Crippen LogP contribution in [-0.2, 0) is 21.3 Å². The molecule has 27 heavy (non-hydrogen) atoms. The minimum absolute atomic E-state index is 0.0150. The Labute approximate surface area is 156 Å². The van der Waals surface area contributed by atoms with E-state index in [0.717, 1.165) is 12.8 Å². The minimum Gasteiger partial charge on any atom is -0.424 e. The van der Waals surface area contributed by atoms with E-state index < -0.39 is 21.6 Å². The third-order valence-corrected chi connectivity index (χ3v) is 5.28. The SMILES string of the molecule is Cc1cc(C2CCCO2)oc(=O)c1C(=O)NCc1ccc(S(N)(=O)=O)cc1. The van der Waals surface area contributed by atoms with E-state index in [1.54, 1.807) is 13.0 Å². The predicted octanol–water partition coefficient (Wildman–Crippen LogP) is 1.38. The molecule has 0 saturated carbocycles. The molecular weight excluding hydrogens is 372 g/mol. The van der Waals surface area contributed by atoms with E-state index in [-0.39, 0.29) is 23.1 Å². The van der Waals surface area contributed by atoms with E-state index in [4.69, 9.17) is 14.3 Å². The fourth-order valence-corrected chi connectivity index (χ4v) is 3.45. The number of rotatable bonds is 5. The van der Waals surface area contributed by atoms with E-state index in [1.165, 1.54) is 24.3 Å². The maximum Gasteiger partial charge on any atom is 0.349 e. The van der Waals surface area contributed by atoms with Crippen LogP contribution in [0.3, 0.4) is 0 Å². The normalized spacial score (nSPS) is 17.0. The van der Waals surface area contributed by atoms with Gasteiger partial charge in [0, 0.05) is 13.2 Å². The maximum atomic E-state index is 12.4. The van der Waals surface area contributed by atoms with E-state index in [9.17, 15) is 18.0 Å². The summed E-state index contributed by atoms with van der Waals surface area (Å²) < 4.78 is 33.3. The van der Waals surface area contributed by atoms with Crippen LogP contribution in [0.15, 0.2) is 44.4 Å². The van der Waals surface area contributed by atoms with Crippen molar-refractivity contribution in [2.45, 2.75) is 37.3 Å². The topological polar surface area (TPSA) is 129 Å². The second kappa shape index (κ2) is 7.63. The summed E-state index contributed by atoms with van der Waals surface area (Å²) in [4.78, 5) is 24.6. The first-order valence-electron chi connectivity index (χ1n) is 8.42. The lowest BCUT2D eigenvalue weighted by Gasteiger charge is -2.11. The average Bonchev–Trinajstić information content (AvgIpc) is 3.13. The lowest BCUT2D eigenvalue weighted by molar-refractivity contribution is 0.0882. The summed E-state index contributed by atoms with van der Waals surface area (Å²) in [6.45, 7) is 2.42. The number of hydrogen-bond acceptors (Lipinski definition) is 6. The molecule has 144 valence electrons. The highest BCUT2D eigenvalue weighted by atomic mass is 32.2. The second-order valence-corrected chi connectivity index (χ2v) is 7.93. The van der Waals surface area contributed by atoms with Crippen LogP contribution in [0.1, 0.15) is 46.2 Å². The van der Waals surface area contributed by atoms with Crippen LogP contribution in [0.2, 0.25) is 0 Å². The zero-order valence-corrected chi connectivity index (χ0v) is 15.5. The Morgan fingerprint density at radius 1 is 1.30 bits per heavy atom. The Bertz CT molecular complexity index is 1010. The molecule has 1 atom stereocenters. The molecule has 1 unspecified atom stereocenters. The van der Waals surface area contributed by atoms with Gasteiger partial charge < -0.3 is 14.5 Å². The van der Waals surface area contributed by atoms with Crippen LogP contribution in [0.5, 0.6) is 0 Å². The molecule has 3 N–H and O–H groups in total. The van der Waals surface area contributed by atoms with Gasteiger partial charge in [-0.25, -0.2) is 18.4 Å². The molecule has 2 heterocycles. The number of benzene rings is 1. The molecule has 1 saturated heterocycles. The number of nitrogens with two attached hydrogens (primary N) is 1. The van der Waals surface area contributed by atoms with E-state index in [1.807, 2.05) is 0 Å². The Hall–Kier alpha value is -2.49. The first kappa shape index (κ1) is 19.3. The highest BCUT2D eigenvalue weighted by molar-refractivity contribution is 7.89. The Morgan fingerprint density at radius 3 is 2.56 bits per heavy atom. The Morgan fingerprint density at radius 2 is 2.00 bits per heavy atom. The summed E-state index contributed by atoms with van der Waals surface area (Å²) in [6.07, 6.45) is 1.44. The van der Waals surface area contributed by atoms with Crippen molar-refractivity contribution < 1.29 is 22.4 Å². The molecule has 1 aliphatic heterocycles. The molecular formula is C18H20N2O6S. The second-order valence-electron chi connectivity index (χ2n) is 6.37. The number of hydrogen-bond donors (Lipinski definition) is 2. The van der Waals surface area contributed by atoms with Gasteiger partial charge in [-0.05, 0) is 49.1 Å². The number of ether oxygens (including phenoxy) is 1. The highest BCUT2D eigenvalue weighted by Gasteiger charge is 2.24. The molecule has 9 heteroatoms. The van der Waals surface area contributed by atoms with Gasteiger partial charge in [0.15, 0.2) is 0 Å². The summed E-state index contributed by atoms with van der Waals surface area (Å²) >= 11 is 0. The van der Waals surface area contributed by atoms with Gasteiger partial charge in [-0.15, -0.1) is 0 Å². The quantitative estimate of drug-likeness (QED) is 0.791. The van der Waals surface area contributed by atoms with Gasteiger partial charge in [-0.1, -0.05) is 12.1 Å². The van der Waals surface area contributed by atoms with Crippen LogP contribution in [-0.4, -0.2) is 20.9 Å². The molecule has 2 aromatic rings. The van der Waals surface area contributed by atoms with E-state index in [2.05, 4.69) is 5.32 Å². The van der Waals surface area contributed by atoms with Gasteiger partial charge in [0.05, 0.1) is 4.90 Å². The number of primary sulfonamides is 1. The standard InChI is InChI=1S/C18H20N2O6S/c1-11-9-15(14-3-2-8-25-14)26-18(22)16(11)17(21)20-10-12-4-6-13(7-5-12)27(19,23)24/h4-7,9,14H,2-3,8,10H2,1H3,(H,20,21)(H2,19,23,24). The summed E-state index contributed by atoms with van der Waals surface area (Å²) in [5, 5.41) is 7.68. The molecule has 1 aromatic heterocycles. The number of carbonyl (C=O) groups is 1. The highest BCUT2D eigenvalue weighted by Crippen LogP contribution is 2.28. The molecule has 0 bridgehead atoms. The fourth-order valence-electron chi connectivity index (χ4n) is 2.93. The number of carbonyl (C=O) groups excluding carboxylic acids is 1. The van der Waals surface area contributed by atoms with Crippen molar-refractivity contribution in [1.82, 2.24) is 5.32 Å². The number of nitrogens with one attached hydrogen (secondary N) is 1. The number of amides is 1. The fraction of sp³-hybridized carbons (Fsp3) is 0.333. The van der Waals surface area contributed by atoms with Gasteiger partial charge in [-0.2, -0.15) is 0 Å². The van der Waals surface area contributed by atoms with Crippen molar-refractivity contribution in [3.05, 3.63) is 63.2 Å². The predicted molar refractivity (Wildman–Crippen MR) is 96.6 cm³/mol. The van der Waals surface area contributed by atoms with Crippen molar-refractivity contribution in [3.63, 3.8) is 0 Å². The van der Waals surface area contributed by atoms with Crippen LogP contribution >= 0.6 is 0 Å². The average molecular weight is 392 g/mol. The van der Waals surface area contributed by atoms with Crippen LogP contribution in [0, 0.1) is 6.92 Å². The smallest absolute Gasteiger partial charge is 0.349 e. The van der Waals surface area contributed by atoms with Crippen LogP contribution < -0.4 is 16.1 Å². The summed E-state index contributed by atoms with van der Waals surface area (Å²) in [5.41, 5.74) is 0.410. The first-order chi connectivity index (χ1) is 12.8. The van der Waals surface area contributed by atoms with Crippen molar-refractivity contribution >= 4 is 15.9 Å². The molecule has 1 fully saturated rings. The molecule has 0 aliphatic carbocycles. The molecule has 0 radical (unpaired) electrons. The molecule has 3 rings (SSSR count). The van der Waals surface area contributed by atoms with Crippen molar-refractivity contribution in [2.24, 2.45) is 5.14 Å². The lowest BCUT2D eigenvalue weighted by atomic mass is 10.1.